The first kappa shape index (κ1) is 20.0. The number of thioether (sulfide) groups is 1. The molecule has 0 aliphatic carbocycles. The Bertz CT molecular complexity index is 1210. The number of carbonyl (C=O) groups is 2. The van der Waals surface area contributed by atoms with Crippen molar-refractivity contribution >= 4 is 57.0 Å². The molecule has 0 unspecified atom stereocenters. The zero-order chi connectivity index (χ0) is 21.1. The van der Waals surface area contributed by atoms with E-state index in [1.807, 2.05) is 19.9 Å². The van der Waals surface area contributed by atoms with E-state index >= 15 is 0 Å². The fraction of sp³-hybridized carbons (Fsp3) is 0.150. The third kappa shape index (κ3) is 4.34. The van der Waals surface area contributed by atoms with Crippen LogP contribution >= 0.6 is 23.1 Å². The van der Waals surface area contributed by atoms with Crippen molar-refractivity contribution in [3.8, 4) is 0 Å². The van der Waals surface area contributed by atoms with Crippen molar-refractivity contribution < 1.29 is 14.0 Å². The highest BCUT2D eigenvalue weighted by atomic mass is 32.2. The zero-order valence-corrected chi connectivity index (χ0v) is 17.8. The molecule has 0 fully saturated rings. The molecule has 0 bridgehead atoms. The Balaban J connectivity index is 1.58. The number of furan rings is 1. The number of hydrogen-bond acceptors (Lipinski definition) is 8. The van der Waals surface area contributed by atoms with Gasteiger partial charge in [0.1, 0.15) is 11.6 Å². The molecule has 0 radical (unpaired) electrons. The summed E-state index contributed by atoms with van der Waals surface area (Å²) in [5, 5.41) is 8.84. The smallest absolute Gasteiger partial charge is 0.256 e. The lowest BCUT2D eigenvalue weighted by molar-refractivity contribution is -0.113. The molecule has 4 rings (SSSR count). The van der Waals surface area contributed by atoms with Crippen molar-refractivity contribution in [1.29, 1.82) is 0 Å². The maximum Gasteiger partial charge on any atom is 0.256 e. The molecule has 3 heterocycles. The van der Waals surface area contributed by atoms with Gasteiger partial charge in [0, 0.05) is 22.7 Å². The lowest BCUT2D eigenvalue weighted by atomic mass is 10.2. The minimum absolute atomic E-state index is 0.0931. The summed E-state index contributed by atoms with van der Waals surface area (Å²) in [6.45, 7) is 3.71. The van der Waals surface area contributed by atoms with Gasteiger partial charge in [-0.1, -0.05) is 30.0 Å². The van der Waals surface area contributed by atoms with Gasteiger partial charge in [0.2, 0.25) is 11.6 Å². The van der Waals surface area contributed by atoms with Crippen LogP contribution in [-0.4, -0.2) is 32.5 Å². The summed E-state index contributed by atoms with van der Waals surface area (Å²) in [7, 11) is 0. The van der Waals surface area contributed by atoms with Crippen molar-refractivity contribution in [2.24, 2.45) is 0 Å². The summed E-state index contributed by atoms with van der Waals surface area (Å²) in [5.41, 5.74) is 1.73. The van der Waals surface area contributed by atoms with Gasteiger partial charge in [-0.3, -0.25) is 9.59 Å². The monoisotopic (exact) mass is 439 g/mol. The second kappa shape index (κ2) is 8.64. The molecule has 0 saturated carbocycles. The number of nitrogens with one attached hydrogen (secondary N) is 2. The van der Waals surface area contributed by atoms with Crippen LogP contribution in [0, 0.1) is 13.8 Å². The number of amides is 2. The fourth-order valence-corrected chi connectivity index (χ4v) is 3.91. The van der Waals surface area contributed by atoms with Gasteiger partial charge in [0.25, 0.3) is 5.91 Å². The molecule has 10 heteroatoms. The number of benzene rings is 1. The topological polar surface area (TPSA) is 110 Å². The Morgan fingerprint density at radius 2 is 1.93 bits per heavy atom. The summed E-state index contributed by atoms with van der Waals surface area (Å²) in [5.74, 6) is 0.631. The van der Waals surface area contributed by atoms with E-state index < -0.39 is 0 Å². The van der Waals surface area contributed by atoms with E-state index in [0.29, 0.717) is 38.5 Å². The van der Waals surface area contributed by atoms with Crippen molar-refractivity contribution in [2.45, 2.75) is 19.0 Å². The third-order valence-electron chi connectivity index (χ3n) is 4.29. The summed E-state index contributed by atoms with van der Waals surface area (Å²) < 4.78 is 5.73. The maximum absolute atomic E-state index is 12.7. The maximum atomic E-state index is 12.7. The number of hydrogen-bond donors (Lipinski definition) is 2. The average molecular weight is 440 g/mol. The van der Waals surface area contributed by atoms with Crippen LogP contribution in [0.1, 0.15) is 21.7 Å². The van der Waals surface area contributed by atoms with Crippen molar-refractivity contribution in [3.05, 3.63) is 58.8 Å². The van der Waals surface area contributed by atoms with E-state index in [9.17, 15) is 9.59 Å². The van der Waals surface area contributed by atoms with Crippen LogP contribution in [-0.2, 0) is 4.79 Å². The van der Waals surface area contributed by atoms with E-state index in [4.69, 9.17) is 4.42 Å². The van der Waals surface area contributed by atoms with E-state index in [1.165, 1.54) is 11.3 Å². The molecule has 4 aromatic rings. The quantitative estimate of drug-likeness (QED) is 0.341. The second-order valence-electron chi connectivity index (χ2n) is 6.31. The largest absolute Gasteiger partial charge is 0.443 e. The van der Waals surface area contributed by atoms with Crippen LogP contribution in [0.25, 0.3) is 11.1 Å². The lowest BCUT2D eigenvalue weighted by Crippen LogP contribution is -2.15. The predicted octanol–water partition coefficient (Wildman–Crippen LogP) is 4.28. The highest BCUT2D eigenvalue weighted by Crippen LogP contribution is 2.31. The highest BCUT2D eigenvalue weighted by molar-refractivity contribution is 7.99. The number of nitrogens with zero attached hydrogens (tertiary/aromatic N) is 3. The summed E-state index contributed by atoms with van der Waals surface area (Å²) in [4.78, 5) is 37.7. The van der Waals surface area contributed by atoms with Gasteiger partial charge in [-0.15, -0.1) is 11.3 Å². The van der Waals surface area contributed by atoms with Crippen LogP contribution in [0.5, 0.6) is 0 Å². The first-order valence-electron chi connectivity index (χ1n) is 8.97. The van der Waals surface area contributed by atoms with E-state index in [-0.39, 0.29) is 17.6 Å². The van der Waals surface area contributed by atoms with E-state index in [1.54, 1.807) is 35.8 Å². The molecule has 2 amide bonds. The minimum Gasteiger partial charge on any atom is -0.443 e. The van der Waals surface area contributed by atoms with E-state index in [0.717, 1.165) is 17.3 Å². The van der Waals surface area contributed by atoms with Crippen LogP contribution in [0.4, 0.5) is 10.9 Å². The summed E-state index contributed by atoms with van der Waals surface area (Å²) in [6.07, 6.45) is 1.62. The Morgan fingerprint density at radius 1 is 1.13 bits per heavy atom. The Morgan fingerprint density at radius 3 is 2.67 bits per heavy atom. The Labute approximate surface area is 180 Å². The Kier molecular flexibility index (Phi) is 5.77. The minimum atomic E-state index is -0.286. The number of aryl methyl sites for hydroxylation is 2. The molecule has 8 nitrogen and oxygen atoms in total. The molecular formula is C20H17N5O3S2. The van der Waals surface area contributed by atoms with Gasteiger partial charge in [-0.2, -0.15) is 4.98 Å². The molecule has 2 N–H and O–H groups in total. The van der Waals surface area contributed by atoms with Crippen LogP contribution in [0.15, 0.2) is 51.5 Å². The van der Waals surface area contributed by atoms with Gasteiger partial charge in [-0.05, 0) is 26.0 Å². The first-order chi connectivity index (χ1) is 14.5. The average Bonchev–Trinajstić information content (AvgIpc) is 3.35. The molecule has 1 aromatic carbocycles. The van der Waals surface area contributed by atoms with Gasteiger partial charge in [-0.25, -0.2) is 9.97 Å². The zero-order valence-electron chi connectivity index (χ0n) is 16.1. The molecule has 3 aromatic heterocycles. The van der Waals surface area contributed by atoms with Crippen LogP contribution < -0.4 is 10.6 Å². The number of aromatic nitrogens is 3. The van der Waals surface area contributed by atoms with Crippen LogP contribution in [0.2, 0.25) is 0 Å². The normalized spacial score (nSPS) is 10.9. The van der Waals surface area contributed by atoms with Gasteiger partial charge < -0.3 is 15.1 Å². The van der Waals surface area contributed by atoms with Gasteiger partial charge in [0.15, 0.2) is 10.3 Å². The molecule has 152 valence electrons. The molecule has 0 spiro atoms. The molecule has 0 aliphatic heterocycles. The fourth-order valence-electron chi connectivity index (χ4n) is 2.72. The van der Waals surface area contributed by atoms with Crippen molar-refractivity contribution in [2.75, 3.05) is 16.4 Å². The summed E-state index contributed by atoms with van der Waals surface area (Å²) >= 11 is 2.49. The number of fused-ring (bicyclic) bond motifs is 1. The van der Waals surface area contributed by atoms with Gasteiger partial charge >= 0.3 is 0 Å². The van der Waals surface area contributed by atoms with Crippen LogP contribution in [0.3, 0.4) is 0 Å². The molecule has 0 aliphatic rings. The highest BCUT2D eigenvalue weighted by Gasteiger charge is 2.19. The lowest BCUT2D eigenvalue weighted by Gasteiger charge is -2.08. The predicted molar refractivity (Wildman–Crippen MR) is 117 cm³/mol. The van der Waals surface area contributed by atoms with E-state index in [2.05, 4.69) is 25.6 Å². The molecule has 30 heavy (non-hydrogen) atoms. The number of thiazole rings is 1. The molecular weight excluding hydrogens is 422 g/mol. The first-order valence-corrected chi connectivity index (χ1v) is 10.8. The molecule has 0 saturated heterocycles. The number of anilines is 2. The SMILES string of the molecule is Cc1oc2nc(SCC(=O)Nc3nccs3)nc(NC(=O)c3ccccc3)c2c1C. The standard InChI is InChI=1S/C20H17N5O3S2/c1-11-12(2)28-18-15(11)16(23-17(27)13-6-4-3-5-7-13)24-20(25-18)30-10-14(26)22-19-21-8-9-29-19/h3-9H,10H2,1-2H3,(H,21,22,26)(H,23,24,25,27). The summed E-state index contributed by atoms with van der Waals surface area (Å²) in [6, 6.07) is 8.87. The third-order valence-corrected chi connectivity index (χ3v) is 5.82. The number of carbonyl (C=O) groups excluding carboxylic acids is 2. The number of rotatable bonds is 6. The second-order valence-corrected chi connectivity index (χ2v) is 8.15. The molecule has 0 atom stereocenters. The van der Waals surface area contributed by atoms with Crippen molar-refractivity contribution in [1.82, 2.24) is 15.0 Å². The van der Waals surface area contributed by atoms with Crippen molar-refractivity contribution in [3.63, 3.8) is 0 Å². The Hall–Kier alpha value is -3.24. The van der Waals surface area contributed by atoms with Gasteiger partial charge in [0.05, 0.1) is 11.1 Å².